The maximum Gasteiger partial charge on any atom is 0.410 e. The molecule has 0 atom stereocenters. The average molecular weight is 637 g/mol. The van der Waals surface area contributed by atoms with Crippen molar-refractivity contribution in [3.05, 3.63) is 112 Å². The number of likely N-dealkylation sites (tertiary alicyclic amines) is 1. The maximum absolute atomic E-state index is 13.9. The Labute approximate surface area is 263 Å². The fourth-order valence-corrected chi connectivity index (χ4v) is 5.09. The molecule has 3 aromatic rings. The molecule has 0 radical (unpaired) electrons. The molecular weight excluding hydrogens is 604 g/mol. The zero-order valence-corrected chi connectivity index (χ0v) is 25.4. The number of rotatable bonds is 6. The van der Waals surface area contributed by atoms with Crippen LogP contribution in [0.5, 0.6) is 5.75 Å². The molecule has 46 heavy (non-hydrogen) atoms. The second-order valence-corrected chi connectivity index (χ2v) is 12.2. The van der Waals surface area contributed by atoms with Gasteiger partial charge in [0.1, 0.15) is 17.5 Å². The van der Waals surface area contributed by atoms with Crippen LogP contribution in [0.15, 0.2) is 71.8 Å². The summed E-state index contributed by atoms with van der Waals surface area (Å²) in [6.07, 6.45) is 2.39. The number of nitrogens with one attached hydrogen (secondary N) is 1. The van der Waals surface area contributed by atoms with Crippen molar-refractivity contribution in [2.24, 2.45) is 0 Å². The first kappa shape index (κ1) is 32.5. The highest BCUT2D eigenvalue weighted by Gasteiger charge is 2.35. The number of benzene rings is 3. The lowest BCUT2D eigenvalue weighted by molar-refractivity contribution is -0.113. The molecule has 1 saturated carbocycles. The molecule has 7 nitrogen and oxygen atoms in total. The summed E-state index contributed by atoms with van der Waals surface area (Å²) in [7, 11) is 0. The molecule has 2 amide bonds. The largest absolute Gasteiger partial charge is 0.487 e. The molecule has 2 aliphatic rings. The number of carbonyl (C=O) groups excluding carboxylic acids is 3. The SMILES string of the molecule is CC(C)(C)OC(=O)N1CC(Oc2ccc(C(=O)NC3C/C(=C\c4ccc(F)c(F)c4)C(=O)/C(=C/c4ccc(F)c(F)c4)C3)cc2)C1. The summed E-state index contributed by atoms with van der Waals surface area (Å²) >= 11 is 0. The lowest BCUT2D eigenvalue weighted by atomic mass is 9.83. The zero-order valence-electron chi connectivity index (χ0n) is 25.4. The van der Waals surface area contributed by atoms with Gasteiger partial charge in [-0.15, -0.1) is 0 Å². The Kier molecular flexibility index (Phi) is 9.32. The minimum atomic E-state index is -1.08. The van der Waals surface area contributed by atoms with Crippen molar-refractivity contribution in [3.63, 3.8) is 0 Å². The Hall–Kier alpha value is -4.93. The molecule has 3 aromatic carbocycles. The van der Waals surface area contributed by atoms with Gasteiger partial charge in [-0.3, -0.25) is 9.59 Å². The first-order valence-corrected chi connectivity index (χ1v) is 14.7. The van der Waals surface area contributed by atoms with Crippen LogP contribution in [0.25, 0.3) is 12.2 Å². The number of hydrogen-bond acceptors (Lipinski definition) is 5. The third kappa shape index (κ3) is 8.01. The molecule has 0 spiro atoms. The molecule has 1 aliphatic heterocycles. The highest BCUT2D eigenvalue weighted by Crippen LogP contribution is 2.30. The lowest BCUT2D eigenvalue weighted by Gasteiger charge is -2.39. The van der Waals surface area contributed by atoms with Crippen LogP contribution < -0.4 is 10.1 Å². The standard InChI is InChI=1S/C35H32F4N2O5/c1-35(2,3)46-34(44)41-18-27(19-41)45-26-8-6-22(7-9-26)33(43)40-25-16-23(12-20-4-10-28(36)30(38)14-20)32(42)24(17-25)13-21-5-11-29(37)31(39)15-21/h4-15,25,27H,16-19H2,1-3H3,(H,40,43)/b23-12+,24-13+. The van der Waals surface area contributed by atoms with Gasteiger partial charge in [0.2, 0.25) is 0 Å². The van der Waals surface area contributed by atoms with Crippen LogP contribution in [0.2, 0.25) is 0 Å². The number of carbonyl (C=O) groups is 3. The van der Waals surface area contributed by atoms with E-state index < -0.39 is 52.7 Å². The molecule has 240 valence electrons. The number of ketones is 1. The lowest BCUT2D eigenvalue weighted by Crippen LogP contribution is -2.57. The summed E-state index contributed by atoms with van der Waals surface area (Å²) in [6, 6.07) is 12.3. The molecule has 1 N–H and O–H groups in total. The summed E-state index contributed by atoms with van der Waals surface area (Å²) < 4.78 is 66.0. The third-order valence-corrected chi connectivity index (χ3v) is 7.34. The Morgan fingerprint density at radius 2 is 1.33 bits per heavy atom. The van der Waals surface area contributed by atoms with Crippen molar-refractivity contribution < 1.29 is 41.4 Å². The predicted octanol–water partition coefficient (Wildman–Crippen LogP) is 6.87. The van der Waals surface area contributed by atoms with Crippen LogP contribution in [0.3, 0.4) is 0 Å². The summed E-state index contributed by atoms with van der Waals surface area (Å²) in [5.41, 5.74) is 0.676. The van der Waals surface area contributed by atoms with E-state index >= 15 is 0 Å². The van der Waals surface area contributed by atoms with Gasteiger partial charge < -0.3 is 19.7 Å². The Morgan fingerprint density at radius 3 is 1.80 bits per heavy atom. The average Bonchev–Trinajstić information content (AvgIpc) is 2.96. The van der Waals surface area contributed by atoms with Crippen molar-refractivity contribution in [2.75, 3.05) is 13.1 Å². The minimum Gasteiger partial charge on any atom is -0.487 e. The van der Waals surface area contributed by atoms with Gasteiger partial charge in [0.15, 0.2) is 29.1 Å². The number of nitrogens with zero attached hydrogens (tertiary/aromatic N) is 1. The van der Waals surface area contributed by atoms with Crippen LogP contribution in [0.1, 0.15) is 55.1 Å². The van der Waals surface area contributed by atoms with Crippen LogP contribution >= 0.6 is 0 Å². The molecule has 0 bridgehead atoms. The molecule has 1 heterocycles. The van der Waals surface area contributed by atoms with E-state index in [0.29, 0.717) is 24.4 Å². The van der Waals surface area contributed by atoms with Gasteiger partial charge in [-0.25, -0.2) is 22.4 Å². The van der Waals surface area contributed by atoms with Crippen LogP contribution in [0, 0.1) is 23.3 Å². The van der Waals surface area contributed by atoms with Gasteiger partial charge in [0.25, 0.3) is 5.91 Å². The van der Waals surface area contributed by atoms with Crippen molar-refractivity contribution in [2.45, 2.75) is 51.4 Å². The second-order valence-electron chi connectivity index (χ2n) is 12.2. The van der Waals surface area contributed by atoms with Crippen molar-refractivity contribution in [1.82, 2.24) is 10.2 Å². The van der Waals surface area contributed by atoms with E-state index in [2.05, 4.69) is 5.32 Å². The van der Waals surface area contributed by atoms with Gasteiger partial charge in [0, 0.05) is 22.8 Å². The molecule has 1 saturated heterocycles. The highest BCUT2D eigenvalue weighted by molar-refractivity contribution is 6.14. The smallest absolute Gasteiger partial charge is 0.410 e. The van der Waals surface area contributed by atoms with E-state index in [0.717, 1.165) is 24.3 Å². The molecule has 0 unspecified atom stereocenters. The normalized spacial score (nSPS) is 18.8. The maximum atomic E-state index is 13.9. The number of ether oxygens (including phenoxy) is 2. The van der Waals surface area contributed by atoms with Gasteiger partial charge in [-0.2, -0.15) is 0 Å². The number of halogens is 4. The predicted molar refractivity (Wildman–Crippen MR) is 163 cm³/mol. The van der Waals surface area contributed by atoms with Gasteiger partial charge in [0.05, 0.1) is 13.1 Å². The second kappa shape index (κ2) is 13.2. The monoisotopic (exact) mass is 636 g/mol. The zero-order chi connectivity index (χ0) is 33.2. The number of Topliss-reactive ketones (excluding diaryl/α,β-unsaturated/α-hetero) is 1. The van der Waals surface area contributed by atoms with E-state index in [1.54, 1.807) is 45.0 Å². The van der Waals surface area contributed by atoms with Gasteiger partial charge in [-0.05, 0) is 105 Å². The molecule has 11 heteroatoms. The summed E-state index contributed by atoms with van der Waals surface area (Å²) in [5, 5.41) is 2.91. The minimum absolute atomic E-state index is 0.0930. The Morgan fingerprint density at radius 1 is 0.804 bits per heavy atom. The van der Waals surface area contributed by atoms with Crippen molar-refractivity contribution in [1.29, 1.82) is 0 Å². The topological polar surface area (TPSA) is 84.9 Å². The van der Waals surface area contributed by atoms with Crippen LogP contribution in [0.4, 0.5) is 22.4 Å². The first-order chi connectivity index (χ1) is 21.7. The quantitative estimate of drug-likeness (QED) is 0.236. The van der Waals surface area contributed by atoms with E-state index in [1.807, 2.05) is 0 Å². The Bertz CT molecular complexity index is 1650. The van der Waals surface area contributed by atoms with E-state index in [4.69, 9.17) is 9.47 Å². The van der Waals surface area contributed by atoms with Crippen LogP contribution in [-0.2, 0) is 9.53 Å². The molecule has 1 aliphatic carbocycles. The molecule has 0 aromatic heterocycles. The van der Waals surface area contributed by atoms with Gasteiger partial charge in [-0.1, -0.05) is 12.1 Å². The Balaban J connectivity index is 1.28. The fraction of sp³-hybridized carbons (Fsp3) is 0.286. The number of hydrogen-bond donors (Lipinski definition) is 1. The molecular formula is C35H32F4N2O5. The van der Waals surface area contributed by atoms with E-state index in [-0.39, 0.29) is 41.2 Å². The number of amides is 2. The fourth-order valence-electron chi connectivity index (χ4n) is 5.09. The summed E-state index contributed by atoms with van der Waals surface area (Å²) in [6.45, 7) is 6.13. The van der Waals surface area contributed by atoms with Crippen molar-refractivity contribution in [3.8, 4) is 5.75 Å². The molecule has 5 rings (SSSR count). The van der Waals surface area contributed by atoms with Gasteiger partial charge >= 0.3 is 6.09 Å². The van der Waals surface area contributed by atoms with E-state index in [9.17, 15) is 31.9 Å². The summed E-state index contributed by atoms with van der Waals surface area (Å²) in [4.78, 5) is 40.3. The third-order valence-electron chi connectivity index (χ3n) is 7.34. The summed E-state index contributed by atoms with van der Waals surface area (Å²) in [5.74, 6) is -4.55. The van der Waals surface area contributed by atoms with Crippen LogP contribution in [-0.4, -0.2) is 53.5 Å². The van der Waals surface area contributed by atoms with Crippen molar-refractivity contribution >= 4 is 29.9 Å². The molecule has 2 fully saturated rings. The van der Waals surface area contributed by atoms with E-state index in [1.165, 1.54) is 29.2 Å². The highest BCUT2D eigenvalue weighted by atomic mass is 19.2. The first-order valence-electron chi connectivity index (χ1n) is 14.7.